The molecule has 1 aromatic carbocycles. The molecule has 0 aliphatic heterocycles. The quantitative estimate of drug-likeness (QED) is 0.720. The Morgan fingerprint density at radius 1 is 1.39 bits per heavy atom. The molecule has 0 bridgehead atoms. The predicted molar refractivity (Wildman–Crippen MR) is 65.3 cm³/mol. The van der Waals surface area contributed by atoms with Crippen LogP contribution in [0.3, 0.4) is 0 Å². The first kappa shape index (κ1) is 10.5. The number of oxazole rings is 1. The average molecular weight is 242 g/mol. The van der Waals surface area contributed by atoms with Gasteiger partial charge in [0.15, 0.2) is 5.82 Å². The SMILES string of the molecule is Cc1cnc(C(=O)Nc2n[nH]c3ccccc23)o1. The number of para-hydroxylation sites is 1. The van der Waals surface area contributed by atoms with Crippen molar-refractivity contribution < 1.29 is 9.21 Å². The Balaban J connectivity index is 1.90. The van der Waals surface area contributed by atoms with Crippen LogP contribution in [0.25, 0.3) is 10.9 Å². The summed E-state index contributed by atoms with van der Waals surface area (Å²) in [6.07, 6.45) is 1.50. The van der Waals surface area contributed by atoms with Gasteiger partial charge >= 0.3 is 5.91 Å². The summed E-state index contributed by atoms with van der Waals surface area (Å²) in [7, 11) is 0. The van der Waals surface area contributed by atoms with Crippen LogP contribution in [0, 0.1) is 6.92 Å². The average Bonchev–Trinajstić information content (AvgIpc) is 2.97. The molecule has 0 saturated carbocycles. The van der Waals surface area contributed by atoms with E-state index in [0.29, 0.717) is 11.6 Å². The number of nitrogens with zero attached hydrogens (tertiary/aromatic N) is 2. The third-order valence-corrected chi connectivity index (χ3v) is 2.52. The zero-order valence-corrected chi connectivity index (χ0v) is 9.60. The zero-order valence-electron chi connectivity index (χ0n) is 9.60. The lowest BCUT2D eigenvalue weighted by molar-refractivity contribution is 0.0988. The van der Waals surface area contributed by atoms with E-state index in [-0.39, 0.29) is 5.89 Å². The minimum atomic E-state index is -0.416. The van der Waals surface area contributed by atoms with Crippen molar-refractivity contribution in [1.82, 2.24) is 15.2 Å². The number of nitrogens with one attached hydrogen (secondary N) is 2. The minimum absolute atomic E-state index is 0.0274. The number of carbonyl (C=O) groups excluding carboxylic acids is 1. The number of benzene rings is 1. The Morgan fingerprint density at radius 2 is 2.22 bits per heavy atom. The number of carbonyl (C=O) groups is 1. The van der Waals surface area contributed by atoms with Crippen LogP contribution >= 0.6 is 0 Å². The number of aromatic amines is 1. The Labute approximate surface area is 102 Å². The maximum atomic E-state index is 11.8. The molecule has 0 aliphatic rings. The number of aryl methyl sites for hydroxylation is 1. The molecule has 0 radical (unpaired) electrons. The molecule has 2 N–H and O–H groups in total. The summed E-state index contributed by atoms with van der Waals surface area (Å²) in [4.78, 5) is 15.7. The predicted octanol–water partition coefficient (Wildman–Crippen LogP) is 2.11. The number of hydrogen-bond donors (Lipinski definition) is 2. The number of aromatic nitrogens is 3. The van der Waals surface area contributed by atoms with E-state index < -0.39 is 5.91 Å². The molecule has 1 amide bonds. The first-order valence-corrected chi connectivity index (χ1v) is 5.41. The van der Waals surface area contributed by atoms with Crippen molar-refractivity contribution >= 4 is 22.6 Å². The molecular formula is C12H10N4O2. The fourth-order valence-electron chi connectivity index (χ4n) is 1.68. The Kier molecular flexibility index (Phi) is 2.33. The van der Waals surface area contributed by atoms with Gasteiger partial charge in [0.05, 0.1) is 11.7 Å². The maximum absolute atomic E-state index is 11.8. The highest BCUT2D eigenvalue weighted by molar-refractivity contribution is 6.05. The molecule has 3 aromatic rings. The van der Waals surface area contributed by atoms with Gasteiger partial charge in [-0.15, -0.1) is 0 Å². The Morgan fingerprint density at radius 3 is 3.00 bits per heavy atom. The summed E-state index contributed by atoms with van der Waals surface area (Å²) in [6.45, 7) is 1.73. The molecule has 0 aliphatic carbocycles. The number of amides is 1. The van der Waals surface area contributed by atoms with E-state index >= 15 is 0 Å². The molecule has 3 rings (SSSR count). The van der Waals surface area contributed by atoms with Gasteiger partial charge in [0.25, 0.3) is 5.89 Å². The largest absolute Gasteiger partial charge is 0.438 e. The van der Waals surface area contributed by atoms with Gasteiger partial charge in [-0.3, -0.25) is 9.89 Å². The first-order chi connectivity index (χ1) is 8.74. The lowest BCUT2D eigenvalue weighted by Crippen LogP contribution is -2.12. The number of hydrogen-bond acceptors (Lipinski definition) is 4. The number of H-pyrrole nitrogens is 1. The van der Waals surface area contributed by atoms with Crippen molar-refractivity contribution in [3.8, 4) is 0 Å². The smallest absolute Gasteiger partial charge is 0.312 e. The van der Waals surface area contributed by atoms with Gasteiger partial charge in [0.1, 0.15) is 5.76 Å². The fraction of sp³-hybridized carbons (Fsp3) is 0.0833. The van der Waals surface area contributed by atoms with Crippen molar-refractivity contribution in [2.75, 3.05) is 5.32 Å². The maximum Gasteiger partial charge on any atom is 0.312 e. The first-order valence-electron chi connectivity index (χ1n) is 5.41. The molecule has 0 saturated heterocycles. The number of rotatable bonds is 2. The third-order valence-electron chi connectivity index (χ3n) is 2.52. The molecule has 0 fully saturated rings. The van der Waals surface area contributed by atoms with Gasteiger partial charge in [0, 0.05) is 5.39 Å². The van der Waals surface area contributed by atoms with Gasteiger partial charge in [-0.05, 0) is 19.1 Å². The second-order valence-electron chi connectivity index (χ2n) is 3.85. The van der Waals surface area contributed by atoms with Crippen LogP contribution in [-0.2, 0) is 0 Å². The lowest BCUT2D eigenvalue weighted by atomic mass is 10.2. The van der Waals surface area contributed by atoms with Gasteiger partial charge < -0.3 is 9.73 Å². The van der Waals surface area contributed by atoms with Crippen LogP contribution in [0.1, 0.15) is 16.4 Å². The summed E-state index contributed by atoms with van der Waals surface area (Å²) >= 11 is 0. The van der Waals surface area contributed by atoms with Crippen LogP contribution < -0.4 is 5.32 Å². The van der Waals surface area contributed by atoms with Gasteiger partial charge in [0.2, 0.25) is 0 Å². The molecule has 2 aromatic heterocycles. The monoisotopic (exact) mass is 242 g/mol. The molecule has 2 heterocycles. The molecule has 0 unspecified atom stereocenters. The van der Waals surface area contributed by atoms with Crippen molar-refractivity contribution in [2.24, 2.45) is 0 Å². The van der Waals surface area contributed by atoms with Crippen molar-refractivity contribution in [3.63, 3.8) is 0 Å². The van der Waals surface area contributed by atoms with Crippen molar-refractivity contribution in [2.45, 2.75) is 6.92 Å². The molecule has 0 atom stereocenters. The second-order valence-corrected chi connectivity index (χ2v) is 3.85. The number of fused-ring (bicyclic) bond motifs is 1. The van der Waals surface area contributed by atoms with Crippen LogP contribution in [0.4, 0.5) is 5.82 Å². The van der Waals surface area contributed by atoms with Crippen LogP contribution in [0.5, 0.6) is 0 Å². The Bertz CT molecular complexity index is 714. The van der Waals surface area contributed by atoms with E-state index in [9.17, 15) is 4.79 Å². The molecule has 6 heteroatoms. The third kappa shape index (κ3) is 1.73. The van der Waals surface area contributed by atoms with E-state index in [1.807, 2.05) is 24.3 Å². The van der Waals surface area contributed by atoms with E-state index in [2.05, 4.69) is 20.5 Å². The highest BCUT2D eigenvalue weighted by Crippen LogP contribution is 2.20. The molecule has 18 heavy (non-hydrogen) atoms. The lowest BCUT2D eigenvalue weighted by Gasteiger charge is -1.98. The van der Waals surface area contributed by atoms with E-state index in [4.69, 9.17) is 4.42 Å². The normalized spacial score (nSPS) is 10.7. The van der Waals surface area contributed by atoms with Gasteiger partial charge in [-0.2, -0.15) is 5.10 Å². The van der Waals surface area contributed by atoms with E-state index in [0.717, 1.165) is 10.9 Å². The van der Waals surface area contributed by atoms with Crippen LogP contribution in [0.2, 0.25) is 0 Å². The Hall–Kier alpha value is -2.63. The summed E-state index contributed by atoms with van der Waals surface area (Å²) in [5, 5.41) is 10.4. The fourth-order valence-corrected chi connectivity index (χ4v) is 1.68. The standard InChI is InChI=1S/C12H10N4O2/c1-7-6-13-12(18-7)11(17)14-10-8-4-2-3-5-9(8)15-16-10/h2-6H,1H3,(H2,14,15,16,17). The van der Waals surface area contributed by atoms with E-state index in [1.54, 1.807) is 6.92 Å². The topological polar surface area (TPSA) is 83.8 Å². The highest BCUT2D eigenvalue weighted by Gasteiger charge is 2.15. The van der Waals surface area contributed by atoms with E-state index in [1.165, 1.54) is 6.20 Å². The molecule has 0 spiro atoms. The second kappa shape index (κ2) is 3.99. The number of anilines is 1. The highest BCUT2D eigenvalue weighted by atomic mass is 16.4. The van der Waals surface area contributed by atoms with Gasteiger partial charge in [-0.1, -0.05) is 12.1 Å². The summed E-state index contributed by atoms with van der Waals surface area (Å²) in [5.41, 5.74) is 0.858. The zero-order chi connectivity index (χ0) is 12.5. The van der Waals surface area contributed by atoms with Crippen LogP contribution in [-0.4, -0.2) is 21.1 Å². The van der Waals surface area contributed by atoms with Crippen molar-refractivity contribution in [1.29, 1.82) is 0 Å². The minimum Gasteiger partial charge on any atom is -0.438 e. The van der Waals surface area contributed by atoms with Crippen molar-refractivity contribution in [3.05, 3.63) is 42.1 Å². The summed E-state index contributed by atoms with van der Waals surface area (Å²) < 4.78 is 5.14. The molecular weight excluding hydrogens is 232 g/mol. The van der Waals surface area contributed by atoms with Crippen LogP contribution in [0.15, 0.2) is 34.9 Å². The van der Waals surface area contributed by atoms with Gasteiger partial charge in [-0.25, -0.2) is 4.98 Å². The summed E-state index contributed by atoms with van der Waals surface area (Å²) in [5.74, 6) is 0.665. The molecule has 90 valence electrons. The molecule has 6 nitrogen and oxygen atoms in total. The summed E-state index contributed by atoms with van der Waals surface area (Å²) in [6, 6.07) is 7.52.